The minimum Gasteiger partial charge on any atom is -0.465 e. The summed E-state index contributed by atoms with van der Waals surface area (Å²) in [5.41, 5.74) is -2.24. The van der Waals surface area contributed by atoms with E-state index in [0.29, 0.717) is 6.41 Å². The summed E-state index contributed by atoms with van der Waals surface area (Å²) < 4.78 is 45.3. The molecule has 1 atom stereocenters. The molecule has 12 heteroatoms. The molecule has 0 aliphatic carbocycles. The van der Waals surface area contributed by atoms with E-state index in [-0.39, 0.29) is 30.1 Å². The van der Waals surface area contributed by atoms with E-state index in [1.165, 1.54) is 19.1 Å². The number of esters is 1. The van der Waals surface area contributed by atoms with Gasteiger partial charge in [0.2, 0.25) is 6.41 Å². The summed E-state index contributed by atoms with van der Waals surface area (Å²) in [7, 11) is 0. The SMILES string of the molecule is CCOC(=O)C1(C)CN(C(=O)N(C=O)c2ccc(Br)cc2)N=C1c1ccc(C(F)(F)F)c(Cl)c1. The summed E-state index contributed by atoms with van der Waals surface area (Å²) in [6.07, 6.45) is -4.37. The number of alkyl halides is 3. The molecule has 1 aliphatic rings. The molecule has 1 aliphatic heterocycles. The van der Waals surface area contributed by atoms with E-state index in [0.717, 1.165) is 32.6 Å². The Morgan fingerprint density at radius 2 is 1.91 bits per heavy atom. The van der Waals surface area contributed by atoms with Crippen molar-refractivity contribution >= 4 is 57.3 Å². The maximum Gasteiger partial charge on any atom is 0.417 e. The van der Waals surface area contributed by atoms with Gasteiger partial charge in [0.25, 0.3) is 0 Å². The van der Waals surface area contributed by atoms with E-state index in [1.54, 1.807) is 19.1 Å². The lowest BCUT2D eigenvalue weighted by Gasteiger charge is -2.25. The van der Waals surface area contributed by atoms with Gasteiger partial charge in [-0.3, -0.25) is 9.59 Å². The summed E-state index contributed by atoms with van der Waals surface area (Å²) >= 11 is 9.13. The molecular weight excluding hydrogens is 543 g/mol. The lowest BCUT2D eigenvalue weighted by atomic mass is 9.82. The van der Waals surface area contributed by atoms with Crippen molar-refractivity contribution in [3.63, 3.8) is 0 Å². The van der Waals surface area contributed by atoms with Gasteiger partial charge in [0.1, 0.15) is 5.41 Å². The normalized spacial score (nSPS) is 17.9. The molecule has 0 aromatic heterocycles. The average Bonchev–Trinajstić information content (AvgIpc) is 3.13. The van der Waals surface area contributed by atoms with Gasteiger partial charge >= 0.3 is 18.2 Å². The van der Waals surface area contributed by atoms with E-state index >= 15 is 0 Å². The molecule has 1 heterocycles. The third-order valence-electron chi connectivity index (χ3n) is 5.12. The molecule has 3 rings (SSSR count). The third-order valence-corrected chi connectivity index (χ3v) is 5.96. The predicted molar refractivity (Wildman–Crippen MR) is 123 cm³/mol. The van der Waals surface area contributed by atoms with Crippen LogP contribution in [0.25, 0.3) is 0 Å². The van der Waals surface area contributed by atoms with Crippen LogP contribution in [-0.2, 0) is 20.5 Å². The van der Waals surface area contributed by atoms with E-state index in [4.69, 9.17) is 16.3 Å². The summed E-state index contributed by atoms with van der Waals surface area (Å²) in [6, 6.07) is 8.37. The van der Waals surface area contributed by atoms with Crippen molar-refractivity contribution in [2.75, 3.05) is 18.1 Å². The number of carbonyl (C=O) groups is 3. The van der Waals surface area contributed by atoms with Gasteiger partial charge in [-0.1, -0.05) is 33.6 Å². The molecule has 0 saturated carbocycles. The fraction of sp³-hybridized carbons (Fsp3) is 0.273. The van der Waals surface area contributed by atoms with E-state index in [2.05, 4.69) is 21.0 Å². The Bertz CT molecular complexity index is 1160. The predicted octanol–water partition coefficient (Wildman–Crippen LogP) is 5.49. The lowest BCUT2D eigenvalue weighted by Crippen LogP contribution is -2.45. The van der Waals surface area contributed by atoms with Gasteiger partial charge in [0, 0.05) is 10.0 Å². The van der Waals surface area contributed by atoms with Crippen LogP contribution in [0, 0.1) is 5.41 Å². The van der Waals surface area contributed by atoms with Crippen LogP contribution in [0.4, 0.5) is 23.7 Å². The zero-order valence-corrected chi connectivity index (χ0v) is 20.2. The van der Waals surface area contributed by atoms with Crippen LogP contribution in [0.15, 0.2) is 52.0 Å². The quantitative estimate of drug-likeness (QED) is 0.358. The Hall–Kier alpha value is -2.92. The Labute approximate surface area is 206 Å². The van der Waals surface area contributed by atoms with E-state index < -0.39 is 34.2 Å². The molecule has 0 spiro atoms. The third kappa shape index (κ3) is 4.95. The molecule has 0 saturated heterocycles. The van der Waals surface area contributed by atoms with Crippen LogP contribution < -0.4 is 4.90 Å². The fourth-order valence-corrected chi connectivity index (χ4v) is 3.97. The molecule has 0 N–H and O–H groups in total. The Balaban J connectivity index is 2.05. The number of hydrazone groups is 1. The maximum atomic E-state index is 13.1. The van der Waals surface area contributed by atoms with Crippen molar-refractivity contribution < 1.29 is 32.3 Å². The zero-order chi connectivity index (χ0) is 25.3. The summed E-state index contributed by atoms with van der Waals surface area (Å²) in [5, 5.41) is 4.52. The van der Waals surface area contributed by atoms with Crippen molar-refractivity contribution in [2.45, 2.75) is 20.0 Å². The van der Waals surface area contributed by atoms with Gasteiger partial charge in [0.05, 0.1) is 35.1 Å². The second-order valence-corrected chi connectivity index (χ2v) is 8.81. The Morgan fingerprint density at radius 3 is 2.44 bits per heavy atom. The number of amides is 3. The molecule has 0 bridgehead atoms. The summed E-state index contributed by atoms with van der Waals surface area (Å²) in [5.74, 6) is -0.735. The molecule has 7 nitrogen and oxygen atoms in total. The first-order valence-corrected chi connectivity index (χ1v) is 11.0. The second kappa shape index (κ2) is 9.75. The minimum atomic E-state index is -4.67. The molecule has 34 heavy (non-hydrogen) atoms. The molecule has 0 radical (unpaired) electrons. The van der Waals surface area contributed by atoms with Gasteiger partial charge in [-0.05, 0) is 50.2 Å². The molecular formula is C22H18BrClF3N3O4. The van der Waals surface area contributed by atoms with Crippen LogP contribution in [0.5, 0.6) is 0 Å². The number of hydrogen-bond donors (Lipinski definition) is 0. The standard InChI is InChI=1S/C22H18BrClF3N3O4/c1-3-34-19(32)21(2)11-30(20(33)29(12-31)15-7-5-14(23)6-8-15)28-18(21)13-4-9-16(17(24)10-13)22(25,26)27/h4-10,12H,3,11H2,1-2H3. The van der Waals surface area contributed by atoms with Crippen LogP contribution >= 0.6 is 27.5 Å². The number of hydrogen-bond acceptors (Lipinski definition) is 5. The number of imide groups is 1. The van der Waals surface area contributed by atoms with Gasteiger partial charge in [-0.15, -0.1) is 0 Å². The number of urea groups is 1. The first-order chi connectivity index (χ1) is 15.9. The van der Waals surface area contributed by atoms with Gasteiger partial charge in [-0.25, -0.2) is 14.7 Å². The van der Waals surface area contributed by atoms with Crippen LogP contribution in [0.3, 0.4) is 0 Å². The zero-order valence-electron chi connectivity index (χ0n) is 17.9. The minimum absolute atomic E-state index is 0.0171. The monoisotopic (exact) mass is 559 g/mol. The average molecular weight is 561 g/mol. The van der Waals surface area contributed by atoms with Crippen molar-refractivity contribution in [1.29, 1.82) is 0 Å². The number of halogens is 5. The lowest BCUT2D eigenvalue weighted by molar-refractivity contribution is -0.150. The topological polar surface area (TPSA) is 79.3 Å². The maximum absolute atomic E-state index is 13.1. The fourth-order valence-electron chi connectivity index (χ4n) is 3.41. The van der Waals surface area contributed by atoms with Crippen molar-refractivity contribution in [1.82, 2.24) is 5.01 Å². The van der Waals surface area contributed by atoms with Crippen LogP contribution in [0.1, 0.15) is 25.0 Å². The number of rotatable bonds is 5. The molecule has 180 valence electrons. The Morgan fingerprint density at radius 1 is 1.26 bits per heavy atom. The Kier molecular flexibility index (Phi) is 7.37. The van der Waals surface area contributed by atoms with Gasteiger partial charge < -0.3 is 4.74 Å². The van der Waals surface area contributed by atoms with Crippen LogP contribution in [0.2, 0.25) is 5.02 Å². The molecule has 2 aromatic carbocycles. The number of nitrogens with zero attached hydrogens (tertiary/aromatic N) is 3. The van der Waals surface area contributed by atoms with Gasteiger partial charge in [-0.2, -0.15) is 18.3 Å². The van der Waals surface area contributed by atoms with E-state index in [9.17, 15) is 27.6 Å². The molecule has 0 fully saturated rings. The number of ether oxygens (including phenoxy) is 1. The summed E-state index contributed by atoms with van der Waals surface area (Å²) in [4.78, 5) is 38.5. The number of carbonyl (C=O) groups excluding carboxylic acids is 3. The highest BCUT2D eigenvalue weighted by atomic mass is 79.9. The second-order valence-electron chi connectivity index (χ2n) is 7.49. The highest BCUT2D eigenvalue weighted by Crippen LogP contribution is 2.38. The first-order valence-electron chi connectivity index (χ1n) is 9.87. The number of benzene rings is 2. The van der Waals surface area contributed by atoms with Crippen molar-refractivity contribution in [2.24, 2.45) is 10.5 Å². The highest BCUT2D eigenvalue weighted by molar-refractivity contribution is 9.10. The van der Waals surface area contributed by atoms with E-state index in [1.807, 2.05) is 0 Å². The van der Waals surface area contributed by atoms with Crippen molar-refractivity contribution in [3.05, 3.63) is 63.1 Å². The van der Waals surface area contributed by atoms with Gasteiger partial charge in [0.15, 0.2) is 0 Å². The summed E-state index contributed by atoms with van der Waals surface area (Å²) in [6.45, 7) is 2.77. The molecule has 3 amide bonds. The van der Waals surface area contributed by atoms with Crippen molar-refractivity contribution in [3.8, 4) is 0 Å². The smallest absolute Gasteiger partial charge is 0.417 e. The van der Waals surface area contributed by atoms with Crippen LogP contribution in [-0.4, -0.2) is 42.3 Å². The molecule has 2 aromatic rings. The number of anilines is 1. The first kappa shape index (κ1) is 25.7. The molecule has 1 unspecified atom stereocenters. The largest absolute Gasteiger partial charge is 0.465 e. The highest BCUT2D eigenvalue weighted by Gasteiger charge is 2.49.